The van der Waals surface area contributed by atoms with Gasteiger partial charge in [0.05, 0.1) is 0 Å². The molecule has 2 aliphatic heterocycles. The van der Waals surface area contributed by atoms with Crippen LogP contribution in [0.1, 0.15) is 35.2 Å². The molecular weight excluding hydrogens is 466 g/mol. The van der Waals surface area contributed by atoms with Crippen molar-refractivity contribution in [3.8, 4) is 0 Å². The number of amides is 4. The van der Waals surface area contributed by atoms with Gasteiger partial charge in [0.25, 0.3) is 11.8 Å². The van der Waals surface area contributed by atoms with Crippen LogP contribution in [0.15, 0.2) is 59.6 Å². The molecule has 9 nitrogen and oxygen atoms in total. The topological polar surface area (TPSA) is 134 Å². The number of amidine groups is 1. The highest BCUT2D eigenvalue weighted by molar-refractivity contribution is 8.15. The number of hydrogen-bond donors (Lipinski definition) is 3. The molecular formula is C25H27N5O4S. The zero-order chi connectivity index (χ0) is 24.8. The zero-order valence-corrected chi connectivity index (χ0v) is 19.9. The van der Waals surface area contributed by atoms with E-state index in [1.807, 2.05) is 30.3 Å². The molecule has 35 heavy (non-hydrogen) atoms. The Kier molecular flexibility index (Phi) is 7.81. The maximum atomic E-state index is 12.6. The third-order valence-corrected chi connectivity index (χ3v) is 7.05. The smallest absolute Gasteiger partial charge is 0.262 e. The molecule has 2 aromatic carbocycles. The van der Waals surface area contributed by atoms with Gasteiger partial charge in [-0.1, -0.05) is 42.1 Å². The summed E-state index contributed by atoms with van der Waals surface area (Å²) in [5.41, 5.74) is 7.18. The maximum Gasteiger partial charge on any atom is 0.262 e. The summed E-state index contributed by atoms with van der Waals surface area (Å²) >= 11 is 1.34. The van der Waals surface area contributed by atoms with Gasteiger partial charge >= 0.3 is 0 Å². The van der Waals surface area contributed by atoms with Crippen LogP contribution in [0.2, 0.25) is 0 Å². The Bertz CT molecular complexity index is 1130. The van der Waals surface area contributed by atoms with E-state index < -0.39 is 23.1 Å². The fraction of sp³-hybridized carbons (Fsp3) is 0.320. The first-order chi connectivity index (χ1) is 16.9. The van der Waals surface area contributed by atoms with Crippen molar-refractivity contribution in [1.29, 1.82) is 0 Å². The van der Waals surface area contributed by atoms with Crippen molar-refractivity contribution in [3.63, 3.8) is 0 Å². The minimum Gasteiger partial charge on any atom is -0.368 e. The van der Waals surface area contributed by atoms with Crippen molar-refractivity contribution in [2.24, 2.45) is 10.7 Å². The molecule has 10 heteroatoms. The van der Waals surface area contributed by atoms with Crippen LogP contribution in [0.5, 0.6) is 0 Å². The Morgan fingerprint density at radius 1 is 1.06 bits per heavy atom. The third kappa shape index (κ3) is 6.48. The van der Waals surface area contributed by atoms with Gasteiger partial charge in [-0.2, -0.15) is 4.99 Å². The number of nitrogens with zero attached hydrogens (tertiary/aromatic N) is 2. The molecule has 1 saturated heterocycles. The van der Waals surface area contributed by atoms with Gasteiger partial charge in [0.15, 0.2) is 5.17 Å². The number of rotatable bonds is 8. The van der Waals surface area contributed by atoms with E-state index >= 15 is 0 Å². The number of carbonyl (C=O) groups excluding carboxylic acids is 4. The zero-order valence-electron chi connectivity index (χ0n) is 19.1. The van der Waals surface area contributed by atoms with Crippen LogP contribution in [0.25, 0.3) is 0 Å². The standard InChI is InChI=1S/C25H27N5O4S/c26-22(32)19(14-16-6-2-1-3-7-16)28-23(33)17-8-10-18(11-9-17)27-21(31)15-20-24(34)29-25(35-20)30-12-4-5-13-30/h1-3,6-11,19-20H,4-5,12-15H2,(H2,26,32)(H,27,31)(H,28,33). The summed E-state index contributed by atoms with van der Waals surface area (Å²) < 4.78 is 0. The van der Waals surface area contributed by atoms with Gasteiger partial charge in [-0.3, -0.25) is 19.2 Å². The Morgan fingerprint density at radius 3 is 2.40 bits per heavy atom. The first-order valence-electron chi connectivity index (χ1n) is 11.5. The van der Waals surface area contributed by atoms with E-state index in [1.54, 1.807) is 24.3 Å². The third-order valence-electron chi connectivity index (χ3n) is 5.84. The van der Waals surface area contributed by atoms with Gasteiger partial charge in [-0.25, -0.2) is 0 Å². The first kappa shape index (κ1) is 24.5. The number of hydrogen-bond acceptors (Lipinski definition) is 6. The van der Waals surface area contributed by atoms with Gasteiger partial charge in [0, 0.05) is 37.2 Å². The molecule has 2 heterocycles. The van der Waals surface area contributed by atoms with Crippen molar-refractivity contribution in [2.75, 3.05) is 18.4 Å². The van der Waals surface area contributed by atoms with E-state index in [0.717, 1.165) is 31.5 Å². The largest absolute Gasteiger partial charge is 0.368 e. The molecule has 2 atom stereocenters. The minimum absolute atomic E-state index is 0.0202. The minimum atomic E-state index is -0.849. The van der Waals surface area contributed by atoms with Crippen molar-refractivity contribution < 1.29 is 19.2 Å². The van der Waals surface area contributed by atoms with Crippen LogP contribution in [0.3, 0.4) is 0 Å². The summed E-state index contributed by atoms with van der Waals surface area (Å²) in [7, 11) is 0. The van der Waals surface area contributed by atoms with Gasteiger partial charge < -0.3 is 21.3 Å². The van der Waals surface area contributed by atoms with Crippen molar-refractivity contribution >= 4 is 46.2 Å². The number of nitrogens with two attached hydrogens (primary N) is 1. The monoisotopic (exact) mass is 493 g/mol. The molecule has 0 radical (unpaired) electrons. The molecule has 0 saturated carbocycles. The molecule has 4 amide bonds. The summed E-state index contributed by atoms with van der Waals surface area (Å²) in [5, 5.41) is 5.61. The molecule has 182 valence electrons. The lowest BCUT2D eigenvalue weighted by Crippen LogP contribution is -2.45. The lowest BCUT2D eigenvalue weighted by molar-refractivity contribution is -0.121. The SMILES string of the molecule is NC(=O)C(Cc1ccccc1)NC(=O)c1ccc(NC(=O)CC2SC(N3CCCC3)=NC2=O)cc1. The van der Waals surface area contributed by atoms with Crippen molar-refractivity contribution in [2.45, 2.75) is 37.0 Å². The van der Waals surface area contributed by atoms with Crippen molar-refractivity contribution in [3.05, 3.63) is 65.7 Å². The summed E-state index contributed by atoms with van der Waals surface area (Å²) in [5.74, 6) is -1.65. The predicted molar refractivity (Wildman–Crippen MR) is 135 cm³/mol. The van der Waals surface area contributed by atoms with E-state index in [1.165, 1.54) is 11.8 Å². The molecule has 2 unspecified atom stereocenters. The van der Waals surface area contributed by atoms with Crippen LogP contribution >= 0.6 is 11.8 Å². The molecule has 4 rings (SSSR count). The van der Waals surface area contributed by atoms with E-state index in [4.69, 9.17) is 5.73 Å². The number of primary amides is 1. The highest BCUT2D eigenvalue weighted by Crippen LogP contribution is 2.29. The van der Waals surface area contributed by atoms with Gasteiger partial charge in [-0.15, -0.1) is 0 Å². The van der Waals surface area contributed by atoms with E-state index in [-0.39, 0.29) is 24.7 Å². The van der Waals surface area contributed by atoms with Crippen LogP contribution in [0, 0.1) is 0 Å². The molecule has 2 aromatic rings. The fourth-order valence-corrected chi connectivity index (χ4v) is 5.07. The average Bonchev–Trinajstić information content (AvgIpc) is 3.50. The van der Waals surface area contributed by atoms with Gasteiger partial charge in [-0.05, 0) is 42.7 Å². The highest BCUT2D eigenvalue weighted by atomic mass is 32.2. The molecule has 0 aromatic heterocycles. The normalized spacial score (nSPS) is 18.2. The van der Waals surface area contributed by atoms with Crippen LogP contribution in [-0.4, -0.2) is 58.1 Å². The second kappa shape index (κ2) is 11.2. The average molecular weight is 494 g/mol. The number of anilines is 1. The molecule has 0 spiro atoms. The first-order valence-corrected chi connectivity index (χ1v) is 12.3. The van der Waals surface area contributed by atoms with E-state index in [2.05, 4.69) is 20.5 Å². The Balaban J connectivity index is 1.28. The predicted octanol–water partition coefficient (Wildman–Crippen LogP) is 1.94. The number of aliphatic imine (C=N–C) groups is 1. The van der Waals surface area contributed by atoms with Crippen molar-refractivity contribution in [1.82, 2.24) is 10.2 Å². The Labute approximate surface area is 207 Å². The fourth-order valence-electron chi connectivity index (χ4n) is 3.95. The number of benzene rings is 2. The molecule has 0 bridgehead atoms. The second-order valence-electron chi connectivity index (χ2n) is 8.48. The number of nitrogens with one attached hydrogen (secondary N) is 2. The Hall–Kier alpha value is -3.66. The van der Waals surface area contributed by atoms with Crippen LogP contribution in [-0.2, 0) is 20.8 Å². The molecule has 0 aliphatic carbocycles. The molecule has 1 fully saturated rings. The second-order valence-corrected chi connectivity index (χ2v) is 9.65. The summed E-state index contributed by atoms with van der Waals surface area (Å²) in [6.07, 6.45) is 2.48. The number of likely N-dealkylation sites (tertiary alicyclic amines) is 1. The maximum absolute atomic E-state index is 12.6. The molecule has 2 aliphatic rings. The van der Waals surface area contributed by atoms with Gasteiger partial charge in [0.2, 0.25) is 11.8 Å². The number of thioether (sulfide) groups is 1. The summed E-state index contributed by atoms with van der Waals surface area (Å²) in [6.45, 7) is 1.79. The van der Waals surface area contributed by atoms with Crippen LogP contribution in [0.4, 0.5) is 5.69 Å². The Morgan fingerprint density at radius 2 is 1.74 bits per heavy atom. The van der Waals surface area contributed by atoms with Gasteiger partial charge in [0.1, 0.15) is 11.3 Å². The highest BCUT2D eigenvalue weighted by Gasteiger charge is 2.33. The van der Waals surface area contributed by atoms with E-state index in [9.17, 15) is 19.2 Å². The number of carbonyl (C=O) groups is 4. The lowest BCUT2D eigenvalue weighted by atomic mass is 10.0. The summed E-state index contributed by atoms with van der Waals surface area (Å²) in [6, 6.07) is 14.7. The summed E-state index contributed by atoms with van der Waals surface area (Å²) in [4.78, 5) is 55.4. The van der Waals surface area contributed by atoms with E-state index in [0.29, 0.717) is 16.4 Å². The lowest BCUT2D eigenvalue weighted by Gasteiger charge is -2.16. The quantitative estimate of drug-likeness (QED) is 0.515. The van der Waals surface area contributed by atoms with Crippen LogP contribution < -0.4 is 16.4 Å². The molecule has 4 N–H and O–H groups in total.